The third kappa shape index (κ3) is 4.72. The van der Waals surface area contributed by atoms with Crippen LogP contribution in [0.5, 0.6) is 5.75 Å². The minimum atomic E-state index is -0.737. The number of benzene rings is 1. The highest BCUT2D eigenvalue weighted by molar-refractivity contribution is 5.66. The Kier molecular flexibility index (Phi) is 5.27. The molecule has 1 rings (SSSR count). The highest BCUT2D eigenvalue weighted by Gasteiger charge is 1.97. The van der Waals surface area contributed by atoms with Gasteiger partial charge in [0.25, 0.3) is 0 Å². The number of hydrogen-bond donors (Lipinski definition) is 1. The Hall–Kier alpha value is -1.77. The van der Waals surface area contributed by atoms with Crippen LogP contribution in [0.15, 0.2) is 24.3 Å². The summed E-state index contributed by atoms with van der Waals surface area (Å²) in [6.45, 7) is 2.00. The number of carbonyl (C=O) groups is 1. The van der Waals surface area contributed by atoms with Gasteiger partial charge < -0.3 is 9.84 Å². The van der Waals surface area contributed by atoms with E-state index < -0.39 is 5.97 Å². The van der Waals surface area contributed by atoms with Gasteiger partial charge in [0.2, 0.25) is 0 Å². The van der Waals surface area contributed by atoms with E-state index in [1.165, 1.54) is 0 Å². The first-order chi connectivity index (χ1) is 8.13. The molecule has 1 aromatic rings. The molecule has 92 valence electrons. The Morgan fingerprint density at radius 3 is 2.82 bits per heavy atom. The second-order valence-corrected chi connectivity index (χ2v) is 3.92. The highest BCUT2D eigenvalue weighted by Crippen LogP contribution is 2.19. The minimum absolute atomic E-state index is 0.228. The molecule has 0 aromatic heterocycles. The average Bonchev–Trinajstić information content (AvgIpc) is 2.28. The molecule has 0 fully saturated rings. The molecule has 0 aliphatic rings. The standard InChI is InChI=1S/C14H18O3/c1-11-10-12(8-9-13(11)17-2)6-4-3-5-7-14(15)16/h4,6,8-10H,3,5,7H2,1-2H3,(H,15,16)/b6-4+. The lowest BCUT2D eigenvalue weighted by molar-refractivity contribution is -0.137. The van der Waals surface area contributed by atoms with Crippen molar-refractivity contribution in [1.82, 2.24) is 0 Å². The Bertz CT molecular complexity index is 408. The second-order valence-electron chi connectivity index (χ2n) is 3.92. The van der Waals surface area contributed by atoms with Gasteiger partial charge in [-0.1, -0.05) is 18.2 Å². The topological polar surface area (TPSA) is 46.5 Å². The summed E-state index contributed by atoms with van der Waals surface area (Å²) < 4.78 is 5.18. The normalized spacial score (nSPS) is 10.7. The monoisotopic (exact) mass is 234 g/mol. The van der Waals surface area contributed by atoms with Gasteiger partial charge in [-0.3, -0.25) is 4.79 Å². The third-order valence-electron chi connectivity index (χ3n) is 2.49. The van der Waals surface area contributed by atoms with Crippen LogP contribution in [-0.4, -0.2) is 18.2 Å². The highest BCUT2D eigenvalue weighted by atomic mass is 16.5. The predicted octanol–water partition coefficient (Wildman–Crippen LogP) is 3.27. The number of carboxylic acids is 1. The smallest absolute Gasteiger partial charge is 0.303 e. The van der Waals surface area contributed by atoms with Crippen molar-refractivity contribution in [2.75, 3.05) is 7.11 Å². The number of hydrogen-bond acceptors (Lipinski definition) is 2. The molecule has 17 heavy (non-hydrogen) atoms. The van der Waals surface area contributed by atoms with E-state index in [-0.39, 0.29) is 6.42 Å². The molecule has 1 N–H and O–H groups in total. The van der Waals surface area contributed by atoms with Crippen molar-refractivity contribution in [2.45, 2.75) is 26.2 Å². The molecule has 0 saturated carbocycles. The van der Waals surface area contributed by atoms with Gasteiger partial charge in [0.05, 0.1) is 7.11 Å². The van der Waals surface area contributed by atoms with E-state index in [2.05, 4.69) is 0 Å². The molecule has 0 unspecified atom stereocenters. The predicted molar refractivity (Wildman–Crippen MR) is 68.3 cm³/mol. The maximum absolute atomic E-state index is 10.3. The molecule has 0 aliphatic heterocycles. The maximum Gasteiger partial charge on any atom is 0.303 e. The first kappa shape index (κ1) is 13.3. The van der Waals surface area contributed by atoms with Crippen LogP contribution in [0.3, 0.4) is 0 Å². The fraction of sp³-hybridized carbons (Fsp3) is 0.357. The molecule has 0 saturated heterocycles. The fourth-order valence-corrected chi connectivity index (χ4v) is 1.60. The van der Waals surface area contributed by atoms with E-state index in [0.29, 0.717) is 6.42 Å². The number of aliphatic carboxylic acids is 1. The molecule has 0 radical (unpaired) electrons. The molecular weight excluding hydrogens is 216 g/mol. The van der Waals surface area contributed by atoms with Crippen LogP contribution < -0.4 is 4.74 Å². The quantitative estimate of drug-likeness (QED) is 0.768. The van der Waals surface area contributed by atoms with E-state index >= 15 is 0 Å². The Labute approximate surface area is 102 Å². The van der Waals surface area contributed by atoms with Gasteiger partial charge in [0.15, 0.2) is 0 Å². The molecule has 0 amide bonds. The lowest BCUT2D eigenvalue weighted by Gasteiger charge is -2.04. The van der Waals surface area contributed by atoms with Crippen LogP contribution in [0.25, 0.3) is 6.08 Å². The van der Waals surface area contributed by atoms with Gasteiger partial charge in [-0.25, -0.2) is 0 Å². The van der Waals surface area contributed by atoms with Gasteiger partial charge in [0, 0.05) is 6.42 Å². The van der Waals surface area contributed by atoms with Crippen molar-refractivity contribution >= 4 is 12.0 Å². The van der Waals surface area contributed by atoms with Crippen LogP contribution in [-0.2, 0) is 4.79 Å². The molecule has 0 aliphatic carbocycles. The molecule has 0 atom stereocenters. The first-order valence-electron chi connectivity index (χ1n) is 5.66. The lowest BCUT2D eigenvalue weighted by Crippen LogP contribution is -1.92. The summed E-state index contributed by atoms with van der Waals surface area (Å²) in [5.41, 5.74) is 2.21. The fourth-order valence-electron chi connectivity index (χ4n) is 1.60. The molecule has 1 aromatic carbocycles. The van der Waals surface area contributed by atoms with E-state index in [1.54, 1.807) is 7.11 Å². The number of unbranched alkanes of at least 4 members (excludes halogenated alkanes) is 1. The van der Waals surface area contributed by atoms with Crippen LogP contribution >= 0.6 is 0 Å². The van der Waals surface area contributed by atoms with Crippen molar-refractivity contribution in [3.63, 3.8) is 0 Å². The number of rotatable bonds is 6. The zero-order chi connectivity index (χ0) is 12.7. The van der Waals surface area contributed by atoms with E-state index in [4.69, 9.17) is 9.84 Å². The summed E-state index contributed by atoms with van der Waals surface area (Å²) in [6, 6.07) is 5.97. The van der Waals surface area contributed by atoms with Crippen LogP contribution in [0.1, 0.15) is 30.4 Å². The number of ether oxygens (including phenoxy) is 1. The zero-order valence-electron chi connectivity index (χ0n) is 10.3. The SMILES string of the molecule is COc1ccc(/C=C/CCCC(=O)O)cc1C. The molecule has 0 spiro atoms. The average molecular weight is 234 g/mol. The van der Waals surface area contributed by atoms with Gasteiger partial charge >= 0.3 is 5.97 Å². The summed E-state index contributed by atoms with van der Waals surface area (Å²) >= 11 is 0. The third-order valence-corrected chi connectivity index (χ3v) is 2.49. The van der Waals surface area contributed by atoms with Crippen LogP contribution in [0.4, 0.5) is 0 Å². The van der Waals surface area contributed by atoms with Crippen molar-refractivity contribution in [2.24, 2.45) is 0 Å². The summed E-state index contributed by atoms with van der Waals surface area (Å²) in [5.74, 6) is 0.145. The number of allylic oxidation sites excluding steroid dienone is 1. The molecule has 0 bridgehead atoms. The van der Waals surface area contributed by atoms with Gasteiger partial charge in [0.1, 0.15) is 5.75 Å². The van der Waals surface area contributed by atoms with Crippen molar-refractivity contribution < 1.29 is 14.6 Å². The van der Waals surface area contributed by atoms with Crippen LogP contribution in [0.2, 0.25) is 0 Å². The molecule has 3 heteroatoms. The van der Waals surface area contributed by atoms with Crippen molar-refractivity contribution in [1.29, 1.82) is 0 Å². The first-order valence-corrected chi connectivity index (χ1v) is 5.66. The van der Waals surface area contributed by atoms with Crippen molar-refractivity contribution in [3.8, 4) is 5.75 Å². The Morgan fingerprint density at radius 1 is 1.47 bits per heavy atom. The van der Waals surface area contributed by atoms with E-state index in [1.807, 2.05) is 37.3 Å². The number of methoxy groups -OCH3 is 1. The maximum atomic E-state index is 10.3. The van der Waals surface area contributed by atoms with E-state index in [9.17, 15) is 4.79 Å². The van der Waals surface area contributed by atoms with E-state index in [0.717, 1.165) is 23.3 Å². The number of aryl methyl sites for hydroxylation is 1. The Morgan fingerprint density at radius 2 is 2.24 bits per heavy atom. The zero-order valence-corrected chi connectivity index (χ0v) is 10.3. The van der Waals surface area contributed by atoms with Gasteiger partial charge in [-0.05, 0) is 43.0 Å². The largest absolute Gasteiger partial charge is 0.496 e. The second kappa shape index (κ2) is 6.74. The lowest BCUT2D eigenvalue weighted by atomic mass is 10.1. The minimum Gasteiger partial charge on any atom is -0.496 e. The summed E-state index contributed by atoms with van der Waals surface area (Å²) in [4.78, 5) is 10.3. The van der Waals surface area contributed by atoms with Gasteiger partial charge in [-0.2, -0.15) is 0 Å². The summed E-state index contributed by atoms with van der Waals surface area (Å²) in [6.07, 6.45) is 5.71. The molecule has 3 nitrogen and oxygen atoms in total. The summed E-state index contributed by atoms with van der Waals surface area (Å²) in [7, 11) is 1.66. The summed E-state index contributed by atoms with van der Waals surface area (Å²) in [5, 5.41) is 8.49. The molecule has 0 heterocycles. The van der Waals surface area contributed by atoms with Gasteiger partial charge in [-0.15, -0.1) is 0 Å². The van der Waals surface area contributed by atoms with Crippen molar-refractivity contribution in [3.05, 3.63) is 35.4 Å². The molecular formula is C14H18O3. The Balaban J connectivity index is 2.48. The van der Waals surface area contributed by atoms with Crippen LogP contribution in [0, 0.1) is 6.92 Å². The number of carboxylic acid groups (broad SMARTS) is 1.